The van der Waals surface area contributed by atoms with E-state index in [9.17, 15) is 13.0 Å². The van der Waals surface area contributed by atoms with Gasteiger partial charge in [0.15, 0.2) is 6.04 Å². The third kappa shape index (κ3) is 4.52. The lowest BCUT2D eigenvalue weighted by atomic mass is 9.93. The SMILES string of the molecule is CC1CCCCN1c1ccc2c(-c3ccccc3S(=O)(=O)O)c3ccc(=[N+]4CCCCC4C)cc-3oc2c1. The van der Waals surface area contributed by atoms with Gasteiger partial charge in [0, 0.05) is 65.3 Å². The first-order valence-corrected chi connectivity index (χ1v) is 15.2. The Kier molecular flexibility index (Phi) is 6.52. The van der Waals surface area contributed by atoms with Gasteiger partial charge in [0.05, 0.1) is 6.07 Å². The van der Waals surface area contributed by atoms with Crippen LogP contribution in [0.25, 0.3) is 33.4 Å². The molecule has 1 aliphatic carbocycles. The second kappa shape index (κ2) is 9.86. The predicted octanol–water partition coefficient (Wildman–Crippen LogP) is 6.17. The Bertz CT molecular complexity index is 1660. The Labute approximate surface area is 224 Å². The molecule has 2 aromatic rings. The van der Waals surface area contributed by atoms with Gasteiger partial charge >= 0.3 is 0 Å². The summed E-state index contributed by atoms with van der Waals surface area (Å²) in [5, 5.41) is 1.93. The van der Waals surface area contributed by atoms with Gasteiger partial charge in [0.1, 0.15) is 22.8 Å². The minimum absolute atomic E-state index is 0.101. The summed E-state index contributed by atoms with van der Waals surface area (Å²) in [7, 11) is -4.43. The molecular formula is C31H35N2O4S+. The maximum absolute atomic E-state index is 12.4. The van der Waals surface area contributed by atoms with Crippen molar-refractivity contribution in [2.45, 2.75) is 69.4 Å². The summed E-state index contributed by atoms with van der Waals surface area (Å²) in [5.41, 5.74) is 3.87. The summed E-state index contributed by atoms with van der Waals surface area (Å²) in [4.78, 5) is 2.33. The number of hydrogen-bond donors (Lipinski definition) is 1. The molecule has 6 rings (SSSR count). The molecule has 38 heavy (non-hydrogen) atoms. The first-order valence-electron chi connectivity index (χ1n) is 13.7. The molecule has 2 saturated heterocycles. The van der Waals surface area contributed by atoms with Crippen LogP contribution < -0.4 is 14.8 Å². The van der Waals surface area contributed by atoms with Gasteiger partial charge in [0.25, 0.3) is 10.1 Å². The van der Waals surface area contributed by atoms with Crippen molar-refractivity contribution in [2.75, 3.05) is 18.0 Å². The second-order valence-electron chi connectivity index (χ2n) is 10.9. The zero-order valence-electron chi connectivity index (χ0n) is 22.1. The third-order valence-electron chi connectivity index (χ3n) is 8.39. The van der Waals surface area contributed by atoms with Crippen LogP contribution in [0.15, 0.2) is 70.0 Å². The normalized spacial score (nSPS) is 22.2. The van der Waals surface area contributed by atoms with Crippen molar-refractivity contribution in [1.82, 2.24) is 4.58 Å². The number of benzene rings is 3. The monoisotopic (exact) mass is 531 g/mol. The van der Waals surface area contributed by atoms with Crippen LogP contribution in [0.1, 0.15) is 52.4 Å². The fourth-order valence-corrected chi connectivity index (χ4v) is 7.08. The smallest absolute Gasteiger partial charge is 0.295 e. The number of hydrogen-bond acceptors (Lipinski definition) is 4. The molecule has 0 aromatic heterocycles. The summed E-state index contributed by atoms with van der Waals surface area (Å²) in [6, 6.07) is 20.0. The molecule has 198 valence electrons. The summed E-state index contributed by atoms with van der Waals surface area (Å²) in [5.74, 6) is 0.705. The lowest BCUT2D eigenvalue weighted by Gasteiger charge is -2.35. The standard InChI is InChI=1S/C31H34N2O4S/c1-21-9-5-7-17-32(21)23-13-15-25-28(19-23)37-29-20-24(33-18-8-6-10-22(33)2)14-16-26(29)31(25)27-11-3-4-12-30(27)38(34,35)36/h3-4,11-16,19-22H,5-10,17-18H2,1-2H3/p+1. The van der Waals surface area contributed by atoms with Gasteiger partial charge in [-0.15, -0.1) is 0 Å². The van der Waals surface area contributed by atoms with E-state index in [2.05, 4.69) is 47.6 Å². The fraction of sp³-hybridized carbons (Fsp3) is 0.387. The first kappa shape index (κ1) is 25.1. The molecule has 2 atom stereocenters. The highest BCUT2D eigenvalue weighted by Crippen LogP contribution is 2.43. The van der Waals surface area contributed by atoms with Crippen LogP contribution in [-0.2, 0) is 10.1 Å². The maximum atomic E-state index is 12.4. The summed E-state index contributed by atoms with van der Waals surface area (Å²) >= 11 is 0. The molecule has 2 fully saturated rings. The van der Waals surface area contributed by atoms with Crippen LogP contribution in [0, 0.1) is 0 Å². The molecular weight excluding hydrogens is 496 g/mol. The molecule has 6 nitrogen and oxygen atoms in total. The van der Waals surface area contributed by atoms with Gasteiger partial charge in [-0.3, -0.25) is 4.55 Å². The molecule has 2 unspecified atom stereocenters. The Hall–Kier alpha value is -3.16. The molecule has 0 bridgehead atoms. The quantitative estimate of drug-likeness (QED) is 0.194. The molecule has 3 aliphatic heterocycles. The van der Waals surface area contributed by atoms with E-state index in [0.29, 0.717) is 29.0 Å². The van der Waals surface area contributed by atoms with E-state index >= 15 is 0 Å². The Morgan fingerprint density at radius 1 is 0.921 bits per heavy atom. The zero-order chi connectivity index (χ0) is 26.4. The van der Waals surface area contributed by atoms with Gasteiger partial charge in [-0.1, -0.05) is 18.2 Å². The van der Waals surface area contributed by atoms with Crippen LogP contribution in [0.3, 0.4) is 0 Å². The zero-order valence-corrected chi connectivity index (χ0v) is 22.9. The highest BCUT2D eigenvalue weighted by Gasteiger charge is 2.26. The van der Waals surface area contributed by atoms with Gasteiger partial charge in [-0.05, 0) is 63.8 Å². The Balaban J connectivity index is 1.66. The van der Waals surface area contributed by atoms with E-state index in [4.69, 9.17) is 4.42 Å². The van der Waals surface area contributed by atoms with Gasteiger partial charge in [-0.2, -0.15) is 8.42 Å². The molecule has 1 N–H and O–H groups in total. The number of nitrogens with zero attached hydrogens (tertiary/aromatic N) is 2. The van der Waals surface area contributed by atoms with Crippen LogP contribution in [0.4, 0.5) is 5.69 Å². The van der Waals surface area contributed by atoms with Crippen LogP contribution in [0.2, 0.25) is 0 Å². The van der Waals surface area contributed by atoms with Crippen molar-refractivity contribution in [3.63, 3.8) is 0 Å². The topological polar surface area (TPSA) is 73.8 Å². The minimum atomic E-state index is -4.43. The Morgan fingerprint density at radius 3 is 2.53 bits per heavy atom. The molecule has 0 amide bonds. The van der Waals surface area contributed by atoms with Gasteiger partial charge in [0.2, 0.25) is 5.36 Å². The van der Waals surface area contributed by atoms with E-state index in [0.717, 1.165) is 53.5 Å². The lowest BCUT2D eigenvalue weighted by Crippen LogP contribution is -2.40. The van der Waals surface area contributed by atoms with Crippen LogP contribution in [0.5, 0.6) is 0 Å². The molecule has 4 aliphatic rings. The van der Waals surface area contributed by atoms with Crippen LogP contribution in [-0.4, -0.2) is 38.1 Å². The maximum Gasteiger partial charge on any atom is 0.295 e. The lowest BCUT2D eigenvalue weighted by molar-refractivity contribution is 0.361. The second-order valence-corrected chi connectivity index (χ2v) is 12.3. The summed E-state index contributed by atoms with van der Waals surface area (Å²) in [6.45, 7) is 6.55. The van der Waals surface area contributed by atoms with Crippen molar-refractivity contribution < 1.29 is 17.4 Å². The van der Waals surface area contributed by atoms with Crippen molar-refractivity contribution in [1.29, 1.82) is 0 Å². The van der Waals surface area contributed by atoms with Crippen molar-refractivity contribution in [2.24, 2.45) is 0 Å². The predicted molar refractivity (Wildman–Crippen MR) is 152 cm³/mol. The van der Waals surface area contributed by atoms with E-state index in [1.54, 1.807) is 18.2 Å². The van der Waals surface area contributed by atoms with Gasteiger partial charge in [-0.25, -0.2) is 4.58 Å². The summed E-state index contributed by atoms with van der Waals surface area (Å²) in [6.07, 6.45) is 7.15. The number of anilines is 1. The molecule has 0 spiro atoms. The van der Waals surface area contributed by atoms with E-state index in [-0.39, 0.29) is 4.90 Å². The molecule has 7 heteroatoms. The van der Waals surface area contributed by atoms with Crippen LogP contribution >= 0.6 is 0 Å². The Morgan fingerprint density at radius 2 is 1.74 bits per heavy atom. The fourth-order valence-electron chi connectivity index (χ4n) is 6.38. The van der Waals surface area contributed by atoms with Gasteiger partial charge < -0.3 is 9.32 Å². The highest BCUT2D eigenvalue weighted by molar-refractivity contribution is 7.86. The molecule has 0 radical (unpaired) electrons. The summed E-state index contributed by atoms with van der Waals surface area (Å²) < 4.78 is 44.0. The van der Waals surface area contributed by atoms with Crippen molar-refractivity contribution in [3.8, 4) is 22.5 Å². The number of piperidine rings is 2. The van der Waals surface area contributed by atoms with E-state index in [1.807, 2.05) is 12.1 Å². The van der Waals surface area contributed by atoms with E-state index in [1.165, 1.54) is 31.7 Å². The largest absolute Gasteiger partial charge is 0.456 e. The number of fused-ring (bicyclic) bond motifs is 2. The van der Waals surface area contributed by atoms with Crippen molar-refractivity contribution >= 4 is 26.8 Å². The van der Waals surface area contributed by atoms with E-state index < -0.39 is 10.1 Å². The highest BCUT2D eigenvalue weighted by atomic mass is 32.2. The first-order chi connectivity index (χ1) is 18.3. The number of rotatable bonds is 3. The average molecular weight is 532 g/mol. The minimum Gasteiger partial charge on any atom is -0.456 e. The molecule has 0 saturated carbocycles. The van der Waals surface area contributed by atoms with Crippen molar-refractivity contribution in [3.05, 3.63) is 66.0 Å². The molecule has 2 aromatic carbocycles. The average Bonchev–Trinajstić information content (AvgIpc) is 2.91. The third-order valence-corrected chi connectivity index (χ3v) is 9.30. The molecule has 3 heterocycles.